The molecule has 1 aromatic carbocycles. The Morgan fingerprint density at radius 3 is 2.69 bits per heavy atom. The van der Waals surface area contributed by atoms with Gasteiger partial charge in [-0.2, -0.15) is 8.78 Å². The minimum Gasteiger partial charge on any atom is -0.433 e. The predicted octanol–water partition coefficient (Wildman–Crippen LogP) is 3.91. The summed E-state index contributed by atoms with van der Waals surface area (Å²) in [5, 5.41) is 3.43. The van der Waals surface area contributed by atoms with E-state index in [0.717, 1.165) is 18.5 Å². The van der Waals surface area contributed by atoms with Gasteiger partial charge in [0.1, 0.15) is 5.75 Å². The number of hydrogen-bond donors (Lipinski definition) is 1. The minimum atomic E-state index is -2.85. The van der Waals surface area contributed by atoms with E-state index >= 15 is 0 Å². The highest BCUT2D eigenvalue weighted by atomic mass is 35.5. The second-order valence-electron chi connectivity index (χ2n) is 3.80. The Morgan fingerprint density at radius 2 is 2.12 bits per heavy atom. The molecule has 16 heavy (non-hydrogen) atoms. The van der Waals surface area contributed by atoms with Crippen molar-refractivity contribution in [3.63, 3.8) is 0 Å². The number of ether oxygens (including phenoxy) is 1. The van der Waals surface area contributed by atoms with Gasteiger partial charge < -0.3 is 10.1 Å². The van der Waals surface area contributed by atoms with Crippen molar-refractivity contribution in [3.05, 3.63) is 23.2 Å². The second kappa shape index (κ2) is 4.87. The Balaban J connectivity index is 2.07. The summed E-state index contributed by atoms with van der Waals surface area (Å²) < 4.78 is 28.5. The molecule has 0 saturated heterocycles. The van der Waals surface area contributed by atoms with Crippen molar-refractivity contribution in [1.82, 2.24) is 0 Å². The van der Waals surface area contributed by atoms with Crippen LogP contribution in [0.2, 0.25) is 5.02 Å². The van der Waals surface area contributed by atoms with Gasteiger partial charge in [0, 0.05) is 17.8 Å². The lowest BCUT2D eigenvalue weighted by atomic mass is 9.93. The fourth-order valence-corrected chi connectivity index (χ4v) is 1.73. The molecule has 1 fully saturated rings. The molecule has 88 valence electrons. The van der Waals surface area contributed by atoms with Crippen LogP contribution < -0.4 is 10.1 Å². The quantitative estimate of drug-likeness (QED) is 0.871. The van der Waals surface area contributed by atoms with Crippen LogP contribution in [-0.4, -0.2) is 12.7 Å². The zero-order valence-electron chi connectivity index (χ0n) is 8.55. The van der Waals surface area contributed by atoms with Crippen LogP contribution in [0.25, 0.3) is 0 Å². The second-order valence-corrected chi connectivity index (χ2v) is 4.20. The van der Waals surface area contributed by atoms with Gasteiger partial charge in [-0.3, -0.25) is 0 Å². The molecule has 1 aliphatic rings. The molecular formula is C11H12ClF2NO. The molecule has 0 heterocycles. The Hall–Kier alpha value is -1.03. The highest BCUT2D eigenvalue weighted by Gasteiger charge is 2.17. The van der Waals surface area contributed by atoms with E-state index in [4.69, 9.17) is 11.6 Å². The molecule has 1 aromatic rings. The number of alkyl halides is 2. The average molecular weight is 248 g/mol. The van der Waals surface area contributed by atoms with Crippen molar-refractivity contribution in [2.24, 2.45) is 0 Å². The number of halogens is 3. The van der Waals surface area contributed by atoms with E-state index in [9.17, 15) is 8.78 Å². The minimum absolute atomic E-state index is 0.0148. The van der Waals surface area contributed by atoms with Crippen LogP contribution in [0.4, 0.5) is 14.5 Å². The van der Waals surface area contributed by atoms with Crippen LogP contribution in [0.5, 0.6) is 5.75 Å². The van der Waals surface area contributed by atoms with E-state index in [0.29, 0.717) is 6.04 Å². The summed E-state index contributed by atoms with van der Waals surface area (Å²) in [6.45, 7) is -2.85. The van der Waals surface area contributed by atoms with Gasteiger partial charge in [-0.25, -0.2) is 0 Å². The molecule has 0 unspecified atom stereocenters. The molecule has 5 heteroatoms. The first-order chi connectivity index (χ1) is 7.65. The fraction of sp³-hybridized carbons (Fsp3) is 0.455. The predicted molar refractivity (Wildman–Crippen MR) is 59.3 cm³/mol. The van der Waals surface area contributed by atoms with Crippen molar-refractivity contribution < 1.29 is 13.5 Å². The van der Waals surface area contributed by atoms with Crippen molar-refractivity contribution >= 4 is 17.3 Å². The third kappa shape index (κ3) is 2.76. The average Bonchev–Trinajstić information content (AvgIpc) is 2.15. The Morgan fingerprint density at radius 1 is 1.38 bits per heavy atom. The monoisotopic (exact) mass is 247 g/mol. The molecule has 0 radical (unpaired) electrons. The molecule has 1 saturated carbocycles. The fourth-order valence-electron chi connectivity index (χ4n) is 1.57. The van der Waals surface area contributed by atoms with Gasteiger partial charge >= 0.3 is 6.61 Å². The maximum absolute atomic E-state index is 12.1. The maximum Gasteiger partial charge on any atom is 0.387 e. The van der Waals surface area contributed by atoms with Crippen molar-refractivity contribution in [3.8, 4) is 5.75 Å². The maximum atomic E-state index is 12.1. The first-order valence-corrected chi connectivity index (χ1v) is 5.54. The first-order valence-electron chi connectivity index (χ1n) is 5.16. The van der Waals surface area contributed by atoms with Crippen LogP contribution in [0.1, 0.15) is 19.3 Å². The zero-order valence-corrected chi connectivity index (χ0v) is 9.31. The number of nitrogens with one attached hydrogen (secondary N) is 1. The molecule has 2 nitrogen and oxygen atoms in total. The summed E-state index contributed by atoms with van der Waals surface area (Å²) in [5.41, 5.74) is 0.768. The lowest BCUT2D eigenvalue weighted by molar-refractivity contribution is -0.0497. The van der Waals surface area contributed by atoms with Gasteiger partial charge in [0.2, 0.25) is 0 Å². The van der Waals surface area contributed by atoms with E-state index in [1.807, 2.05) is 0 Å². The topological polar surface area (TPSA) is 21.3 Å². The Bertz CT molecular complexity index is 369. The Kier molecular flexibility index (Phi) is 3.49. The highest BCUT2D eigenvalue weighted by molar-refractivity contribution is 6.32. The van der Waals surface area contributed by atoms with Crippen molar-refractivity contribution in [1.29, 1.82) is 0 Å². The SMILES string of the molecule is FC(F)Oc1cc(NC2CCC2)ccc1Cl. The van der Waals surface area contributed by atoms with Crippen LogP contribution in [-0.2, 0) is 0 Å². The summed E-state index contributed by atoms with van der Waals surface area (Å²) in [5.74, 6) is 0.0148. The number of benzene rings is 1. The zero-order chi connectivity index (χ0) is 11.5. The molecule has 0 spiro atoms. The van der Waals surface area contributed by atoms with Crippen molar-refractivity contribution in [2.75, 3.05) is 5.32 Å². The summed E-state index contributed by atoms with van der Waals surface area (Å²) >= 11 is 5.74. The molecule has 0 aromatic heterocycles. The molecule has 0 atom stereocenters. The molecule has 0 bridgehead atoms. The standard InChI is InChI=1S/C11H12ClF2NO/c12-9-5-4-8(15-7-2-1-3-7)6-10(9)16-11(13)14/h4-7,11,15H,1-3H2. The van der Waals surface area contributed by atoms with E-state index in [2.05, 4.69) is 10.1 Å². The van der Waals surface area contributed by atoms with E-state index in [1.165, 1.54) is 12.5 Å². The van der Waals surface area contributed by atoms with Crippen LogP contribution in [0.15, 0.2) is 18.2 Å². The molecule has 1 aliphatic carbocycles. The largest absolute Gasteiger partial charge is 0.433 e. The smallest absolute Gasteiger partial charge is 0.387 e. The van der Waals surface area contributed by atoms with Crippen LogP contribution in [0, 0.1) is 0 Å². The van der Waals surface area contributed by atoms with Crippen LogP contribution in [0.3, 0.4) is 0 Å². The summed E-state index contributed by atoms with van der Waals surface area (Å²) in [4.78, 5) is 0. The Labute approximate surface area is 97.5 Å². The van der Waals surface area contributed by atoms with Gasteiger partial charge in [0.25, 0.3) is 0 Å². The normalized spacial score (nSPS) is 16.0. The van der Waals surface area contributed by atoms with Gasteiger partial charge in [-0.1, -0.05) is 11.6 Å². The van der Waals surface area contributed by atoms with Gasteiger partial charge in [-0.05, 0) is 31.4 Å². The molecule has 2 rings (SSSR count). The lowest BCUT2D eigenvalue weighted by Gasteiger charge is -2.27. The molecule has 0 aliphatic heterocycles. The number of hydrogen-bond acceptors (Lipinski definition) is 2. The highest BCUT2D eigenvalue weighted by Crippen LogP contribution is 2.31. The van der Waals surface area contributed by atoms with Crippen molar-refractivity contribution in [2.45, 2.75) is 31.9 Å². The van der Waals surface area contributed by atoms with E-state index in [-0.39, 0.29) is 10.8 Å². The lowest BCUT2D eigenvalue weighted by Crippen LogP contribution is -2.26. The summed E-state index contributed by atoms with van der Waals surface area (Å²) in [6.07, 6.45) is 3.45. The first kappa shape index (κ1) is 11.5. The third-order valence-electron chi connectivity index (χ3n) is 2.62. The van der Waals surface area contributed by atoms with E-state index in [1.54, 1.807) is 12.1 Å². The molecular weight excluding hydrogens is 236 g/mol. The summed E-state index contributed by atoms with van der Waals surface area (Å²) in [6, 6.07) is 5.27. The van der Waals surface area contributed by atoms with Crippen LogP contribution >= 0.6 is 11.6 Å². The number of anilines is 1. The van der Waals surface area contributed by atoms with E-state index < -0.39 is 6.61 Å². The summed E-state index contributed by atoms with van der Waals surface area (Å²) in [7, 11) is 0. The van der Waals surface area contributed by atoms with Gasteiger partial charge in [-0.15, -0.1) is 0 Å². The molecule has 0 amide bonds. The van der Waals surface area contributed by atoms with Gasteiger partial charge in [0.15, 0.2) is 0 Å². The number of rotatable bonds is 4. The third-order valence-corrected chi connectivity index (χ3v) is 2.94. The molecule has 1 N–H and O–H groups in total. The van der Waals surface area contributed by atoms with Gasteiger partial charge in [0.05, 0.1) is 5.02 Å².